The van der Waals surface area contributed by atoms with Gasteiger partial charge in [-0.2, -0.15) is 0 Å². The summed E-state index contributed by atoms with van der Waals surface area (Å²) in [6.07, 6.45) is 4.55. The molecule has 108 valence electrons. The van der Waals surface area contributed by atoms with Crippen LogP contribution in [0.25, 0.3) is 0 Å². The van der Waals surface area contributed by atoms with E-state index >= 15 is 0 Å². The first kappa shape index (κ1) is 14.9. The molecule has 1 aliphatic rings. The van der Waals surface area contributed by atoms with E-state index in [4.69, 9.17) is 5.11 Å². The molecular weight excluding hydrogens is 274 g/mol. The molecule has 1 saturated carbocycles. The maximum absolute atomic E-state index is 12.1. The number of thioether (sulfide) groups is 1. The number of hydrogen-bond donors (Lipinski definition) is 2. The van der Waals surface area contributed by atoms with E-state index in [9.17, 15) is 9.59 Å². The van der Waals surface area contributed by atoms with Gasteiger partial charge in [-0.3, -0.25) is 4.79 Å². The van der Waals surface area contributed by atoms with Crippen molar-refractivity contribution in [2.45, 2.75) is 48.8 Å². The van der Waals surface area contributed by atoms with Crippen molar-refractivity contribution >= 4 is 23.6 Å². The van der Waals surface area contributed by atoms with Crippen LogP contribution >= 0.6 is 11.8 Å². The number of benzene rings is 1. The molecule has 0 saturated heterocycles. The van der Waals surface area contributed by atoms with Crippen molar-refractivity contribution in [1.82, 2.24) is 5.32 Å². The number of carboxylic acids is 1. The summed E-state index contributed by atoms with van der Waals surface area (Å²) < 4.78 is 0. The van der Waals surface area contributed by atoms with Gasteiger partial charge < -0.3 is 10.4 Å². The van der Waals surface area contributed by atoms with E-state index in [0.29, 0.717) is 6.04 Å². The van der Waals surface area contributed by atoms with Crippen LogP contribution in [0.15, 0.2) is 29.2 Å². The SMILES string of the molecule is CC(Sc1ccc(C(=O)O)cc1)C(=O)NC1CCCC1. The van der Waals surface area contributed by atoms with Crippen molar-refractivity contribution in [1.29, 1.82) is 0 Å². The van der Waals surface area contributed by atoms with Crippen LogP contribution < -0.4 is 5.32 Å². The van der Waals surface area contributed by atoms with Crippen molar-refractivity contribution in [3.05, 3.63) is 29.8 Å². The number of nitrogens with one attached hydrogen (secondary N) is 1. The quantitative estimate of drug-likeness (QED) is 0.819. The van der Waals surface area contributed by atoms with E-state index in [1.165, 1.54) is 24.6 Å². The Balaban J connectivity index is 1.87. The molecule has 0 spiro atoms. The largest absolute Gasteiger partial charge is 0.478 e. The lowest BCUT2D eigenvalue weighted by Gasteiger charge is -2.16. The number of carbonyl (C=O) groups excluding carboxylic acids is 1. The zero-order valence-corrected chi connectivity index (χ0v) is 12.3. The van der Waals surface area contributed by atoms with Gasteiger partial charge in [0.1, 0.15) is 0 Å². The first-order valence-corrected chi connectivity index (χ1v) is 7.74. The van der Waals surface area contributed by atoms with Gasteiger partial charge in [-0.15, -0.1) is 11.8 Å². The molecule has 20 heavy (non-hydrogen) atoms. The standard InChI is InChI=1S/C15H19NO3S/c1-10(14(17)16-12-4-2-3-5-12)20-13-8-6-11(7-9-13)15(18)19/h6-10,12H,2-5H2,1H3,(H,16,17)(H,18,19). The molecule has 0 aliphatic heterocycles. The fourth-order valence-electron chi connectivity index (χ4n) is 2.32. The minimum Gasteiger partial charge on any atom is -0.478 e. The van der Waals surface area contributed by atoms with Gasteiger partial charge >= 0.3 is 5.97 Å². The lowest BCUT2D eigenvalue weighted by Crippen LogP contribution is -2.37. The third kappa shape index (κ3) is 4.00. The molecular formula is C15H19NO3S. The summed E-state index contributed by atoms with van der Waals surface area (Å²) in [5.41, 5.74) is 0.261. The smallest absolute Gasteiger partial charge is 0.335 e. The summed E-state index contributed by atoms with van der Waals surface area (Å²) in [5, 5.41) is 11.7. The zero-order valence-electron chi connectivity index (χ0n) is 11.5. The second-order valence-electron chi connectivity index (χ2n) is 5.08. The molecule has 1 aromatic rings. The number of hydrogen-bond acceptors (Lipinski definition) is 3. The summed E-state index contributed by atoms with van der Waals surface area (Å²) in [5.74, 6) is -0.877. The van der Waals surface area contributed by atoms with Gasteiger partial charge in [0.2, 0.25) is 5.91 Å². The molecule has 4 nitrogen and oxygen atoms in total. The lowest BCUT2D eigenvalue weighted by atomic mass is 10.2. The third-order valence-electron chi connectivity index (χ3n) is 3.48. The molecule has 0 radical (unpaired) electrons. The van der Waals surface area contributed by atoms with Gasteiger partial charge in [-0.25, -0.2) is 4.79 Å². The molecule has 5 heteroatoms. The highest BCUT2D eigenvalue weighted by atomic mass is 32.2. The molecule has 2 rings (SSSR count). The molecule has 2 N–H and O–H groups in total. The summed E-state index contributed by atoms with van der Waals surface area (Å²) in [7, 11) is 0. The average Bonchev–Trinajstić information content (AvgIpc) is 2.92. The maximum atomic E-state index is 12.1. The van der Waals surface area contributed by atoms with Crippen molar-refractivity contribution < 1.29 is 14.7 Å². The molecule has 1 fully saturated rings. The van der Waals surface area contributed by atoms with Gasteiger partial charge in [0.25, 0.3) is 0 Å². The third-order valence-corrected chi connectivity index (χ3v) is 4.60. The van der Waals surface area contributed by atoms with Crippen molar-refractivity contribution in [3.63, 3.8) is 0 Å². The molecule has 1 unspecified atom stereocenters. The number of amides is 1. The Morgan fingerprint density at radius 1 is 1.25 bits per heavy atom. The van der Waals surface area contributed by atoms with Crippen molar-refractivity contribution in [2.75, 3.05) is 0 Å². The Bertz CT molecular complexity index is 480. The highest BCUT2D eigenvalue weighted by Crippen LogP contribution is 2.25. The van der Waals surface area contributed by atoms with Gasteiger partial charge in [-0.05, 0) is 44.0 Å². The van der Waals surface area contributed by atoms with Gasteiger partial charge in [-0.1, -0.05) is 12.8 Å². The molecule has 0 heterocycles. The highest BCUT2D eigenvalue weighted by molar-refractivity contribution is 8.00. The van der Waals surface area contributed by atoms with Gasteiger partial charge in [0.05, 0.1) is 10.8 Å². The molecule has 1 amide bonds. The Morgan fingerprint density at radius 2 is 1.85 bits per heavy atom. The summed E-state index contributed by atoms with van der Waals surface area (Å²) in [6.45, 7) is 1.88. The first-order chi connectivity index (χ1) is 9.56. The summed E-state index contributed by atoms with van der Waals surface area (Å²) in [6, 6.07) is 6.94. The second kappa shape index (κ2) is 6.79. The maximum Gasteiger partial charge on any atom is 0.335 e. The lowest BCUT2D eigenvalue weighted by molar-refractivity contribution is -0.120. The van der Waals surface area contributed by atoms with E-state index in [1.54, 1.807) is 24.3 Å². The Hall–Kier alpha value is -1.49. The van der Waals surface area contributed by atoms with Crippen LogP contribution in [0.5, 0.6) is 0 Å². The Kier molecular flexibility index (Phi) is 5.06. The normalized spacial score (nSPS) is 16.9. The molecule has 1 aliphatic carbocycles. The molecule has 0 aromatic heterocycles. The predicted octanol–water partition coefficient (Wildman–Crippen LogP) is 2.92. The van der Waals surface area contributed by atoms with Crippen molar-refractivity contribution in [3.8, 4) is 0 Å². The highest BCUT2D eigenvalue weighted by Gasteiger charge is 2.21. The van der Waals surface area contributed by atoms with Crippen LogP contribution in [0.1, 0.15) is 43.0 Å². The zero-order chi connectivity index (χ0) is 14.5. The van der Waals surface area contributed by atoms with Crippen LogP contribution in [0.4, 0.5) is 0 Å². The van der Waals surface area contributed by atoms with Crippen LogP contribution in [-0.4, -0.2) is 28.3 Å². The van der Waals surface area contributed by atoms with E-state index in [-0.39, 0.29) is 16.7 Å². The molecule has 1 aromatic carbocycles. The minimum absolute atomic E-state index is 0.0595. The van der Waals surface area contributed by atoms with Crippen molar-refractivity contribution in [2.24, 2.45) is 0 Å². The number of carbonyl (C=O) groups is 2. The monoisotopic (exact) mass is 293 g/mol. The predicted molar refractivity (Wildman–Crippen MR) is 79.1 cm³/mol. The molecule has 0 bridgehead atoms. The van der Waals surface area contributed by atoms with Gasteiger partial charge in [0, 0.05) is 10.9 Å². The number of aromatic carboxylic acids is 1. The summed E-state index contributed by atoms with van der Waals surface area (Å²) in [4.78, 5) is 23.7. The van der Waals surface area contributed by atoms with Crippen LogP contribution in [0.3, 0.4) is 0 Å². The van der Waals surface area contributed by atoms with E-state index in [0.717, 1.165) is 17.7 Å². The second-order valence-corrected chi connectivity index (χ2v) is 6.49. The fraction of sp³-hybridized carbons (Fsp3) is 0.467. The van der Waals surface area contributed by atoms with E-state index < -0.39 is 5.97 Å². The fourth-order valence-corrected chi connectivity index (χ4v) is 3.20. The Labute approximate surface area is 123 Å². The van der Waals surface area contributed by atoms with Crippen LogP contribution in [0, 0.1) is 0 Å². The number of carboxylic acid groups (broad SMARTS) is 1. The molecule has 1 atom stereocenters. The average molecular weight is 293 g/mol. The first-order valence-electron chi connectivity index (χ1n) is 6.86. The van der Waals surface area contributed by atoms with E-state index in [1.807, 2.05) is 6.92 Å². The van der Waals surface area contributed by atoms with Crippen LogP contribution in [-0.2, 0) is 4.79 Å². The summed E-state index contributed by atoms with van der Waals surface area (Å²) >= 11 is 1.45. The number of rotatable bonds is 5. The topological polar surface area (TPSA) is 66.4 Å². The van der Waals surface area contributed by atoms with Crippen LogP contribution in [0.2, 0.25) is 0 Å². The van der Waals surface area contributed by atoms with Gasteiger partial charge in [0.15, 0.2) is 0 Å². The minimum atomic E-state index is -0.937. The van der Waals surface area contributed by atoms with E-state index in [2.05, 4.69) is 5.32 Å². The Morgan fingerprint density at radius 3 is 2.40 bits per heavy atom.